The summed E-state index contributed by atoms with van der Waals surface area (Å²) in [6.07, 6.45) is 1.84. The highest BCUT2D eigenvalue weighted by atomic mass is 14.5. The van der Waals surface area contributed by atoms with E-state index in [1.165, 1.54) is 11.1 Å². The van der Waals surface area contributed by atoms with Gasteiger partial charge >= 0.3 is 0 Å². The zero-order chi connectivity index (χ0) is 10.7. The molecule has 0 bridgehead atoms. The van der Waals surface area contributed by atoms with Crippen LogP contribution in [0.5, 0.6) is 0 Å². The third kappa shape index (κ3) is 2.08. The lowest BCUT2D eigenvalue weighted by Crippen LogP contribution is -1.83. The van der Waals surface area contributed by atoms with Crippen molar-refractivity contribution in [2.75, 3.05) is 5.73 Å². The minimum atomic E-state index is 0.793. The molecule has 0 aliphatic heterocycles. The van der Waals surface area contributed by atoms with Gasteiger partial charge in [0.15, 0.2) is 0 Å². The van der Waals surface area contributed by atoms with Crippen molar-refractivity contribution in [3.8, 4) is 11.1 Å². The number of rotatable bonds is 2. The standard InChI is InChI=1S/C14H13N/c1-2-11-3-5-12(6-4-11)13-7-9-14(15)10-8-13/h2-10H,1,15H2. The molecule has 0 aliphatic rings. The van der Waals surface area contributed by atoms with Gasteiger partial charge in [0, 0.05) is 5.69 Å². The Labute approximate surface area is 89.9 Å². The zero-order valence-electron chi connectivity index (χ0n) is 8.48. The Bertz CT molecular complexity index is 452. The van der Waals surface area contributed by atoms with E-state index in [0.29, 0.717) is 0 Å². The summed E-state index contributed by atoms with van der Waals surface area (Å²) < 4.78 is 0. The van der Waals surface area contributed by atoms with Gasteiger partial charge in [-0.3, -0.25) is 0 Å². The Hall–Kier alpha value is -2.02. The van der Waals surface area contributed by atoms with E-state index in [2.05, 4.69) is 30.8 Å². The van der Waals surface area contributed by atoms with Crippen molar-refractivity contribution in [3.63, 3.8) is 0 Å². The lowest BCUT2D eigenvalue weighted by atomic mass is 10.0. The molecule has 2 N–H and O–H groups in total. The van der Waals surface area contributed by atoms with Crippen molar-refractivity contribution in [1.82, 2.24) is 0 Å². The predicted molar refractivity (Wildman–Crippen MR) is 66.4 cm³/mol. The first-order valence-electron chi connectivity index (χ1n) is 4.88. The first-order chi connectivity index (χ1) is 7.29. The molecule has 74 valence electrons. The van der Waals surface area contributed by atoms with Crippen molar-refractivity contribution in [2.24, 2.45) is 0 Å². The van der Waals surface area contributed by atoms with E-state index in [4.69, 9.17) is 5.73 Å². The Morgan fingerprint density at radius 1 is 0.800 bits per heavy atom. The van der Waals surface area contributed by atoms with E-state index in [0.717, 1.165) is 11.3 Å². The third-order valence-corrected chi connectivity index (χ3v) is 2.39. The third-order valence-electron chi connectivity index (χ3n) is 2.39. The molecule has 15 heavy (non-hydrogen) atoms. The summed E-state index contributed by atoms with van der Waals surface area (Å²) in [4.78, 5) is 0. The molecular formula is C14H13N. The summed E-state index contributed by atoms with van der Waals surface area (Å²) in [7, 11) is 0. The van der Waals surface area contributed by atoms with Gasteiger partial charge in [0.25, 0.3) is 0 Å². The maximum atomic E-state index is 5.64. The Morgan fingerprint density at radius 3 is 1.73 bits per heavy atom. The summed E-state index contributed by atoms with van der Waals surface area (Å²) in [6.45, 7) is 3.73. The Kier molecular flexibility index (Phi) is 2.55. The normalized spacial score (nSPS) is 9.87. The van der Waals surface area contributed by atoms with Gasteiger partial charge in [0.2, 0.25) is 0 Å². The number of benzene rings is 2. The van der Waals surface area contributed by atoms with Gasteiger partial charge in [-0.05, 0) is 28.8 Å². The van der Waals surface area contributed by atoms with Crippen molar-refractivity contribution in [3.05, 3.63) is 60.7 Å². The van der Waals surface area contributed by atoms with Crippen LogP contribution in [0.1, 0.15) is 5.56 Å². The topological polar surface area (TPSA) is 26.0 Å². The van der Waals surface area contributed by atoms with Gasteiger partial charge in [0.1, 0.15) is 0 Å². The van der Waals surface area contributed by atoms with Crippen LogP contribution in [0.2, 0.25) is 0 Å². The number of nitrogen functional groups attached to an aromatic ring is 1. The maximum Gasteiger partial charge on any atom is 0.0314 e. The van der Waals surface area contributed by atoms with Gasteiger partial charge in [-0.2, -0.15) is 0 Å². The van der Waals surface area contributed by atoms with Crippen molar-refractivity contribution in [1.29, 1.82) is 0 Å². The molecule has 0 heterocycles. The molecular weight excluding hydrogens is 182 g/mol. The molecule has 0 atom stereocenters. The maximum absolute atomic E-state index is 5.64. The fourth-order valence-corrected chi connectivity index (χ4v) is 1.49. The SMILES string of the molecule is C=Cc1ccc(-c2ccc(N)cc2)cc1. The van der Waals surface area contributed by atoms with Gasteiger partial charge in [-0.1, -0.05) is 49.1 Å². The quantitative estimate of drug-likeness (QED) is 0.728. The smallest absolute Gasteiger partial charge is 0.0314 e. The molecule has 0 unspecified atom stereocenters. The molecule has 0 amide bonds. The predicted octanol–water partition coefficient (Wildman–Crippen LogP) is 3.58. The zero-order valence-corrected chi connectivity index (χ0v) is 8.48. The van der Waals surface area contributed by atoms with Crippen LogP contribution in [0.25, 0.3) is 17.2 Å². The summed E-state index contributed by atoms with van der Waals surface area (Å²) in [5.74, 6) is 0. The van der Waals surface area contributed by atoms with E-state index < -0.39 is 0 Å². The first kappa shape index (κ1) is 9.53. The van der Waals surface area contributed by atoms with Crippen LogP contribution in [0.3, 0.4) is 0 Å². The van der Waals surface area contributed by atoms with Crippen LogP contribution < -0.4 is 5.73 Å². The monoisotopic (exact) mass is 195 g/mol. The van der Waals surface area contributed by atoms with Gasteiger partial charge < -0.3 is 5.73 Å². The minimum absolute atomic E-state index is 0.793. The molecule has 0 saturated carbocycles. The van der Waals surface area contributed by atoms with Crippen LogP contribution in [-0.4, -0.2) is 0 Å². The fraction of sp³-hybridized carbons (Fsp3) is 0. The van der Waals surface area contributed by atoms with Crippen LogP contribution in [0.4, 0.5) is 5.69 Å². The number of hydrogen-bond donors (Lipinski definition) is 1. The average Bonchev–Trinajstić information content (AvgIpc) is 2.30. The molecule has 0 radical (unpaired) electrons. The lowest BCUT2D eigenvalue weighted by molar-refractivity contribution is 1.60. The van der Waals surface area contributed by atoms with Crippen molar-refractivity contribution < 1.29 is 0 Å². The second-order valence-electron chi connectivity index (χ2n) is 3.45. The van der Waals surface area contributed by atoms with Crippen LogP contribution in [0, 0.1) is 0 Å². The largest absolute Gasteiger partial charge is 0.399 e. The highest BCUT2D eigenvalue weighted by Crippen LogP contribution is 2.21. The van der Waals surface area contributed by atoms with E-state index in [1.807, 2.05) is 30.3 Å². The molecule has 2 rings (SSSR count). The summed E-state index contributed by atoms with van der Waals surface area (Å²) in [5.41, 5.74) is 9.94. The number of nitrogens with two attached hydrogens (primary N) is 1. The highest BCUT2D eigenvalue weighted by molar-refractivity contribution is 5.67. The summed E-state index contributed by atoms with van der Waals surface area (Å²) in [6, 6.07) is 16.2. The molecule has 1 nitrogen and oxygen atoms in total. The average molecular weight is 195 g/mol. The van der Waals surface area contributed by atoms with Gasteiger partial charge in [-0.15, -0.1) is 0 Å². The van der Waals surface area contributed by atoms with Crippen molar-refractivity contribution >= 4 is 11.8 Å². The highest BCUT2D eigenvalue weighted by Gasteiger charge is 1.96. The fourth-order valence-electron chi connectivity index (χ4n) is 1.49. The Balaban J connectivity index is 2.37. The van der Waals surface area contributed by atoms with Crippen LogP contribution in [-0.2, 0) is 0 Å². The first-order valence-corrected chi connectivity index (χ1v) is 4.88. The Morgan fingerprint density at radius 2 is 1.27 bits per heavy atom. The molecule has 0 aromatic heterocycles. The number of anilines is 1. The van der Waals surface area contributed by atoms with Gasteiger partial charge in [0.05, 0.1) is 0 Å². The van der Waals surface area contributed by atoms with E-state index >= 15 is 0 Å². The molecule has 0 spiro atoms. The van der Waals surface area contributed by atoms with Crippen LogP contribution >= 0.6 is 0 Å². The van der Waals surface area contributed by atoms with E-state index in [-0.39, 0.29) is 0 Å². The van der Waals surface area contributed by atoms with E-state index in [9.17, 15) is 0 Å². The molecule has 2 aromatic carbocycles. The second-order valence-corrected chi connectivity index (χ2v) is 3.45. The lowest BCUT2D eigenvalue weighted by Gasteiger charge is -2.02. The minimum Gasteiger partial charge on any atom is -0.399 e. The molecule has 2 aromatic rings. The van der Waals surface area contributed by atoms with Crippen LogP contribution in [0.15, 0.2) is 55.1 Å². The van der Waals surface area contributed by atoms with Crippen molar-refractivity contribution in [2.45, 2.75) is 0 Å². The summed E-state index contributed by atoms with van der Waals surface area (Å²) in [5, 5.41) is 0. The summed E-state index contributed by atoms with van der Waals surface area (Å²) >= 11 is 0. The van der Waals surface area contributed by atoms with E-state index in [1.54, 1.807) is 0 Å². The molecule has 0 saturated heterocycles. The molecule has 0 fully saturated rings. The number of hydrogen-bond acceptors (Lipinski definition) is 1. The molecule has 0 aliphatic carbocycles. The van der Waals surface area contributed by atoms with Gasteiger partial charge in [-0.25, -0.2) is 0 Å². The second kappa shape index (κ2) is 4.01. The molecule has 1 heteroatoms.